The Labute approximate surface area is 307 Å². The second-order valence-electron chi connectivity index (χ2n) is 14.4. The van der Waals surface area contributed by atoms with Gasteiger partial charge in [0.25, 0.3) is 0 Å². The maximum Gasteiger partial charge on any atom is 0.323 e. The molecule has 4 amide bonds. The van der Waals surface area contributed by atoms with Crippen LogP contribution in [0.25, 0.3) is 0 Å². The average Bonchev–Trinajstić information content (AvgIpc) is 3.68. The molecule has 2 fully saturated rings. The third-order valence-corrected chi connectivity index (χ3v) is 10.4. The molecule has 284 valence electrons. The Morgan fingerprint density at radius 3 is 2.12 bits per heavy atom. The van der Waals surface area contributed by atoms with E-state index in [4.69, 9.17) is 11.5 Å². The average molecular weight is 720 g/mol. The van der Waals surface area contributed by atoms with E-state index in [1.165, 1.54) is 0 Å². The Morgan fingerprint density at radius 2 is 1.50 bits per heavy atom. The number of nitrogens with one attached hydrogen (secondary N) is 4. The molecule has 2 aliphatic rings. The third kappa shape index (κ3) is 11.9. The molecule has 1 aliphatic heterocycles. The number of piperidine rings is 1. The van der Waals surface area contributed by atoms with Crippen LogP contribution in [-0.4, -0.2) is 96.0 Å². The second kappa shape index (κ2) is 20.1. The summed E-state index contributed by atoms with van der Waals surface area (Å²) < 4.78 is 0. The van der Waals surface area contributed by atoms with Crippen molar-refractivity contribution in [3.63, 3.8) is 0 Å². The van der Waals surface area contributed by atoms with E-state index in [0.29, 0.717) is 32.4 Å². The van der Waals surface area contributed by atoms with Crippen LogP contribution in [0, 0.1) is 5.92 Å². The molecule has 1 saturated carbocycles. The van der Waals surface area contributed by atoms with Gasteiger partial charge < -0.3 is 42.7 Å². The Morgan fingerprint density at radius 1 is 0.865 bits per heavy atom. The minimum atomic E-state index is -1.39. The number of nitrogens with two attached hydrogens (primary N) is 2. The number of nitrogens with zero attached hydrogens (tertiary/aromatic N) is 1. The van der Waals surface area contributed by atoms with Crippen LogP contribution in [-0.2, 0) is 30.4 Å². The zero-order valence-electron chi connectivity index (χ0n) is 30.4. The number of likely N-dealkylation sites (tertiary alicyclic amines) is 1. The van der Waals surface area contributed by atoms with Gasteiger partial charge in [-0.2, -0.15) is 0 Å². The molecular weight excluding hydrogens is 662 g/mol. The molecule has 4 rings (SSSR count). The van der Waals surface area contributed by atoms with Crippen LogP contribution in [0.15, 0.2) is 60.7 Å². The molecule has 9 N–H and O–H groups in total. The summed E-state index contributed by atoms with van der Waals surface area (Å²) in [5, 5.41) is 21.6. The smallest absolute Gasteiger partial charge is 0.323 e. The quantitative estimate of drug-likeness (QED) is 0.106. The van der Waals surface area contributed by atoms with Crippen molar-refractivity contribution in [1.29, 1.82) is 0 Å². The molecule has 52 heavy (non-hydrogen) atoms. The van der Waals surface area contributed by atoms with Crippen LogP contribution < -0.4 is 32.7 Å². The fraction of sp³-hybridized carbons (Fsp3) is 0.564. The van der Waals surface area contributed by atoms with Crippen molar-refractivity contribution in [3.05, 3.63) is 71.8 Å². The lowest BCUT2D eigenvalue weighted by atomic mass is 9.88. The number of carboxylic acid groups (broad SMARTS) is 1. The van der Waals surface area contributed by atoms with Gasteiger partial charge in [-0.25, -0.2) is 0 Å². The van der Waals surface area contributed by atoms with Crippen LogP contribution >= 0.6 is 0 Å². The molecule has 0 radical (unpaired) electrons. The molecule has 13 nitrogen and oxygen atoms in total. The number of hydrogen-bond acceptors (Lipinski definition) is 8. The molecule has 0 aromatic heterocycles. The minimum Gasteiger partial charge on any atom is -0.480 e. The van der Waals surface area contributed by atoms with E-state index in [9.17, 15) is 29.1 Å². The molecule has 1 saturated heterocycles. The van der Waals surface area contributed by atoms with E-state index in [2.05, 4.69) is 28.2 Å². The lowest BCUT2D eigenvalue weighted by Crippen LogP contribution is -2.61. The second-order valence-corrected chi connectivity index (χ2v) is 14.4. The predicted octanol–water partition coefficient (Wildman–Crippen LogP) is 1.80. The highest BCUT2D eigenvalue weighted by molar-refractivity contribution is 5.95. The summed E-state index contributed by atoms with van der Waals surface area (Å²) in [6.07, 6.45) is 5.35. The zero-order chi connectivity index (χ0) is 37.5. The number of unbranched alkanes of at least 4 members (excludes halogenated alkanes) is 1. The molecule has 0 spiro atoms. The molecule has 1 aliphatic carbocycles. The lowest BCUT2D eigenvalue weighted by molar-refractivity contribution is -0.148. The van der Waals surface area contributed by atoms with Crippen LogP contribution in [0.3, 0.4) is 0 Å². The molecule has 1 heterocycles. The fourth-order valence-electron chi connectivity index (χ4n) is 7.12. The third-order valence-electron chi connectivity index (χ3n) is 10.4. The molecule has 2 aromatic rings. The van der Waals surface area contributed by atoms with Gasteiger partial charge in [0.05, 0.1) is 6.54 Å². The van der Waals surface area contributed by atoms with Crippen LogP contribution in [0.1, 0.15) is 81.8 Å². The standard InChI is InChI=1S/C39H57N7O6/c1-27(29-14-6-3-7-15-29)25-42-26-33(47)43-32(24-28-12-4-2-5-13-28)35(48)45-34(30-16-8-9-17-30)36(49)44-31(18-10-11-21-40)37(50)46-22-19-39(41,20-23-46)38(51)52/h2-7,12-15,27,30-32,34,42H,8-11,16-26,40-41H2,1H3,(H,43,47)(H,44,49)(H,45,48)(H,51,52)/t27-,31+,32+,34+/m0/s1. The number of carbonyl (C=O) groups excluding carboxylic acids is 4. The maximum atomic E-state index is 14.1. The number of amides is 4. The van der Waals surface area contributed by atoms with Gasteiger partial charge in [0.15, 0.2) is 0 Å². The molecule has 4 atom stereocenters. The Kier molecular flexibility index (Phi) is 15.6. The summed E-state index contributed by atoms with van der Waals surface area (Å²) in [4.78, 5) is 68.3. The normalized spacial score (nSPS) is 18.1. The minimum absolute atomic E-state index is 0.0170. The van der Waals surface area contributed by atoms with Crippen molar-refractivity contribution in [1.82, 2.24) is 26.2 Å². The lowest BCUT2D eigenvalue weighted by Gasteiger charge is -2.38. The van der Waals surface area contributed by atoms with Crippen molar-refractivity contribution >= 4 is 29.6 Å². The van der Waals surface area contributed by atoms with E-state index < -0.39 is 41.4 Å². The highest BCUT2D eigenvalue weighted by Crippen LogP contribution is 2.28. The zero-order valence-corrected chi connectivity index (χ0v) is 30.4. The van der Waals surface area contributed by atoms with Gasteiger partial charge in [0.1, 0.15) is 23.7 Å². The maximum absolute atomic E-state index is 14.1. The van der Waals surface area contributed by atoms with E-state index in [1.54, 1.807) is 4.90 Å². The van der Waals surface area contributed by atoms with Crippen molar-refractivity contribution < 1.29 is 29.1 Å². The van der Waals surface area contributed by atoms with Crippen molar-refractivity contribution in [2.75, 3.05) is 32.7 Å². The number of rotatable bonds is 19. The first-order valence-electron chi connectivity index (χ1n) is 18.7. The first-order valence-corrected chi connectivity index (χ1v) is 18.7. The summed E-state index contributed by atoms with van der Waals surface area (Å²) in [5.41, 5.74) is 12.4. The van der Waals surface area contributed by atoms with Gasteiger partial charge in [0, 0.05) is 26.1 Å². The number of hydrogen-bond donors (Lipinski definition) is 7. The number of aliphatic carboxylic acids is 1. The fourth-order valence-corrected chi connectivity index (χ4v) is 7.12. The molecule has 13 heteroatoms. The molecule has 2 aromatic carbocycles. The first kappa shape index (κ1) is 40.4. The van der Waals surface area contributed by atoms with Gasteiger partial charge >= 0.3 is 5.97 Å². The summed E-state index contributed by atoms with van der Waals surface area (Å²) in [5.74, 6) is -2.63. The SMILES string of the molecule is C[C@@H](CNCC(=O)N[C@H](Cc1ccccc1)C(=O)N[C@@H](C(=O)N[C@H](CCCCN)C(=O)N1CCC(N)(C(=O)O)CC1)C1CCCC1)c1ccccc1. The first-order chi connectivity index (χ1) is 25.0. The van der Waals surface area contributed by atoms with E-state index >= 15 is 0 Å². The van der Waals surface area contributed by atoms with Crippen LogP contribution in [0.5, 0.6) is 0 Å². The summed E-state index contributed by atoms with van der Waals surface area (Å²) in [6, 6.07) is 16.7. The van der Waals surface area contributed by atoms with E-state index in [-0.39, 0.29) is 62.5 Å². The highest BCUT2D eigenvalue weighted by Gasteiger charge is 2.41. The highest BCUT2D eigenvalue weighted by atomic mass is 16.4. The number of benzene rings is 2. The Bertz CT molecular complexity index is 1460. The molecular formula is C39H57N7O6. The summed E-state index contributed by atoms with van der Waals surface area (Å²) in [7, 11) is 0. The van der Waals surface area contributed by atoms with E-state index in [0.717, 1.165) is 36.8 Å². The predicted molar refractivity (Wildman–Crippen MR) is 199 cm³/mol. The molecule has 0 unspecified atom stereocenters. The van der Waals surface area contributed by atoms with Crippen LogP contribution in [0.2, 0.25) is 0 Å². The Hall–Kier alpha value is -4.33. The largest absolute Gasteiger partial charge is 0.480 e. The molecule has 0 bridgehead atoms. The monoisotopic (exact) mass is 719 g/mol. The van der Waals surface area contributed by atoms with Crippen molar-refractivity contribution in [2.24, 2.45) is 17.4 Å². The van der Waals surface area contributed by atoms with Gasteiger partial charge in [0.2, 0.25) is 23.6 Å². The number of carboxylic acids is 1. The van der Waals surface area contributed by atoms with Gasteiger partial charge in [-0.15, -0.1) is 0 Å². The van der Waals surface area contributed by atoms with E-state index in [1.807, 2.05) is 60.7 Å². The Balaban J connectivity index is 1.45. The van der Waals surface area contributed by atoms with Crippen molar-refractivity contribution in [3.8, 4) is 0 Å². The van der Waals surface area contributed by atoms with Gasteiger partial charge in [-0.1, -0.05) is 80.4 Å². The topological polar surface area (TPSA) is 209 Å². The van der Waals surface area contributed by atoms with Gasteiger partial charge in [-0.3, -0.25) is 24.0 Å². The summed E-state index contributed by atoms with van der Waals surface area (Å²) in [6.45, 7) is 3.43. The number of carbonyl (C=O) groups is 5. The van der Waals surface area contributed by atoms with Crippen molar-refractivity contribution in [2.45, 2.75) is 101 Å². The summed E-state index contributed by atoms with van der Waals surface area (Å²) >= 11 is 0. The van der Waals surface area contributed by atoms with Gasteiger partial charge in [-0.05, 0) is 74.5 Å². The van der Waals surface area contributed by atoms with Crippen LogP contribution in [0.4, 0.5) is 0 Å².